The van der Waals surface area contributed by atoms with E-state index in [4.69, 9.17) is 11.5 Å². The molecule has 3 aromatic rings. The minimum atomic E-state index is -1.28. The smallest absolute Gasteiger partial charge is 0.245 e. The van der Waals surface area contributed by atoms with Crippen LogP contribution in [0, 0.1) is 5.92 Å². The Morgan fingerprint density at radius 2 is 1.60 bits per heavy atom. The SMILES string of the molecule is CC(=O)N[C@@H](CO)C(=O)N[C@@H](CCc1c[nH]c2ccccc12)C(=O)N[C@@H](CC(C)C)C(=O)N[C@@H](CCCN=C(N)N)C(=O)c1nccs1. The zero-order valence-corrected chi connectivity index (χ0v) is 28.1. The topological polar surface area (TPSA) is 247 Å². The Hall–Kier alpha value is -4.83. The molecular formula is C32H45N9O6S. The van der Waals surface area contributed by atoms with Crippen molar-refractivity contribution in [1.29, 1.82) is 0 Å². The molecule has 2 heterocycles. The van der Waals surface area contributed by atoms with Crippen LogP contribution in [0.4, 0.5) is 0 Å². The molecule has 16 heteroatoms. The van der Waals surface area contributed by atoms with Crippen LogP contribution in [0.3, 0.4) is 0 Å². The Bertz CT molecular complexity index is 1570. The van der Waals surface area contributed by atoms with Gasteiger partial charge < -0.3 is 42.8 Å². The molecule has 0 aliphatic rings. The first-order valence-corrected chi connectivity index (χ1v) is 16.6. The van der Waals surface area contributed by atoms with Gasteiger partial charge in [-0.05, 0) is 49.7 Å². The second-order valence-electron chi connectivity index (χ2n) is 11.8. The lowest BCUT2D eigenvalue weighted by atomic mass is 9.99. The van der Waals surface area contributed by atoms with Crippen LogP contribution in [-0.4, -0.2) is 87.8 Å². The minimum Gasteiger partial charge on any atom is -0.394 e. The molecule has 0 aliphatic carbocycles. The molecule has 2 aromatic heterocycles. The zero-order valence-electron chi connectivity index (χ0n) is 27.3. The van der Waals surface area contributed by atoms with Crippen molar-refractivity contribution in [3.8, 4) is 0 Å². The third-order valence-corrected chi connectivity index (χ3v) is 8.24. The van der Waals surface area contributed by atoms with Gasteiger partial charge in [0.2, 0.25) is 29.4 Å². The van der Waals surface area contributed by atoms with Crippen LogP contribution in [-0.2, 0) is 25.6 Å². The predicted molar refractivity (Wildman–Crippen MR) is 183 cm³/mol. The quantitative estimate of drug-likeness (QED) is 0.0379. The number of hydrogen-bond acceptors (Lipinski definition) is 9. The van der Waals surface area contributed by atoms with E-state index in [9.17, 15) is 29.1 Å². The standard InChI is InChI=1S/C32H45N9O6S/c1-18(2)15-25(29(46)39-23(9-6-12-36-32(33)34)27(44)31-35-13-14-48-31)41-28(45)24(40-30(47)26(17-42)38-19(3)43)11-10-20-16-37-22-8-5-4-7-21(20)22/h4-5,7-8,13-14,16,18,23-26,37,42H,6,9-12,15,17H2,1-3H3,(H,38,43)(H,39,46)(H,40,47)(H,41,45)(H4,33,34,36)/t23-,24-,25-,26-/m0/s1. The van der Waals surface area contributed by atoms with Gasteiger partial charge >= 0.3 is 0 Å². The highest BCUT2D eigenvalue weighted by Gasteiger charge is 2.32. The van der Waals surface area contributed by atoms with E-state index in [1.165, 1.54) is 13.1 Å². The maximum absolute atomic E-state index is 13.8. The zero-order chi connectivity index (χ0) is 35.2. The number of aliphatic hydroxyl groups is 1. The average Bonchev–Trinajstić information content (AvgIpc) is 3.73. The van der Waals surface area contributed by atoms with Crippen LogP contribution in [0.25, 0.3) is 10.9 Å². The Morgan fingerprint density at radius 1 is 0.938 bits per heavy atom. The van der Waals surface area contributed by atoms with Crippen molar-refractivity contribution >= 4 is 57.6 Å². The van der Waals surface area contributed by atoms with Crippen LogP contribution >= 0.6 is 11.3 Å². The molecule has 0 spiro atoms. The molecule has 1 aromatic carbocycles. The van der Waals surface area contributed by atoms with Crippen molar-refractivity contribution in [3.05, 3.63) is 52.6 Å². The lowest BCUT2D eigenvalue weighted by Crippen LogP contribution is -2.58. The molecule has 48 heavy (non-hydrogen) atoms. The van der Waals surface area contributed by atoms with Crippen molar-refractivity contribution < 1.29 is 29.1 Å². The fourth-order valence-electron chi connectivity index (χ4n) is 5.13. The Kier molecular flexibility index (Phi) is 14.5. The van der Waals surface area contributed by atoms with Crippen LogP contribution in [0.1, 0.15) is 61.8 Å². The van der Waals surface area contributed by atoms with E-state index < -0.39 is 54.4 Å². The normalized spacial score (nSPS) is 13.6. The number of carbonyl (C=O) groups excluding carboxylic acids is 5. The fraction of sp³-hybridized carbons (Fsp3) is 0.469. The van der Waals surface area contributed by atoms with Gasteiger partial charge in [0.25, 0.3) is 0 Å². The number of carbonyl (C=O) groups is 5. The van der Waals surface area contributed by atoms with Crippen LogP contribution in [0.2, 0.25) is 0 Å². The molecule has 0 saturated heterocycles. The number of para-hydroxylation sites is 1. The molecule has 0 fully saturated rings. The van der Waals surface area contributed by atoms with Crippen molar-refractivity contribution in [1.82, 2.24) is 31.2 Å². The lowest BCUT2D eigenvalue weighted by Gasteiger charge is -2.27. The number of nitrogens with two attached hydrogens (primary N) is 2. The summed E-state index contributed by atoms with van der Waals surface area (Å²) in [6, 6.07) is 3.23. The number of guanidine groups is 1. The number of benzene rings is 1. The lowest BCUT2D eigenvalue weighted by molar-refractivity contribution is -0.134. The molecule has 0 bridgehead atoms. The first-order chi connectivity index (χ1) is 22.9. The van der Waals surface area contributed by atoms with Gasteiger partial charge in [0.1, 0.15) is 18.1 Å². The summed E-state index contributed by atoms with van der Waals surface area (Å²) in [6.45, 7) is 4.54. The summed E-state index contributed by atoms with van der Waals surface area (Å²) in [5, 5.41) is 23.1. The van der Waals surface area contributed by atoms with E-state index in [1.807, 2.05) is 44.3 Å². The predicted octanol–water partition coefficient (Wildman–Crippen LogP) is 0.491. The van der Waals surface area contributed by atoms with Crippen LogP contribution in [0.15, 0.2) is 47.0 Å². The van der Waals surface area contributed by atoms with Crippen molar-refractivity contribution in [2.45, 2.75) is 77.0 Å². The molecule has 15 nitrogen and oxygen atoms in total. The summed E-state index contributed by atoms with van der Waals surface area (Å²) < 4.78 is 0. The van der Waals surface area contributed by atoms with Crippen molar-refractivity contribution in [2.75, 3.05) is 13.2 Å². The number of Topliss-reactive ketones (excluding diaryl/α,β-unsaturated/α-hetero) is 1. The van der Waals surface area contributed by atoms with Gasteiger partial charge in [-0.3, -0.25) is 29.0 Å². The number of thiazole rings is 1. The maximum Gasteiger partial charge on any atom is 0.245 e. The van der Waals surface area contributed by atoms with E-state index in [1.54, 1.807) is 5.38 Å². The number of aromatic amines is 1. The minimum absolute atomic E-state index is 0.0335. The number of aryl methyl sites for hydroxylation is 1. The molecule has 0 radical (unpaired) electrons. The van der Waals surface area contributed by atoms with Gasteiger partial charge in [0, 0.05) is 42.1 Å². The number of rotatable bonds is 19. The average molecular weight is 684 g/mol. The number of amides is 4. The summed E-state index contributed by atoms with van der Waals surface area (Å²) in [7, 11) is 0. The van der Waals surface area contributed by atoms with E-state index >= 15 is 0 Å². The number of H-pyrrole nitrogens is 1. The number of aromatic nitrogens is 2. The van der Waals surface area contributed by atoms with E-state index in [-0.39, 0.29) is 48.5 Å². The van der Waals surface area contributed by atoms with Crippen molar-refractivity contribution in [3.63, 3.8) is 0 Å². The van der Waals surface area contributed by atoms with Crippen LogP contribution in [0.5, 0.6) is 0 Å². The Labute approximate surface area is 282 Å². The van der Waals surface area contributed by atoms with Gasteiger partial charge in [-0.15, -0.1) is 11.3 Å². The molecule has 0 saturated carbocycles. The van der Waals surface area contributed by atoms with E-state index in [0.717, 1.165) is 27.8 Å². The molecule has 3 rings (SSSR count). The van der Waals surface area contributed by atoms with E-state index in [0.29, 0.717) is 12.8 Å². The second kappa shape index (κ2) is 18.5. The molecular weight excluding hydrogens is 638 g/mol. The third-order valence-electron chi connectivity index (χ3n) is 7.45. The summed E-state index contributed by atoms with van der Waals surface area (Å²) in [5.74, 6) is -3.01. The first-order valence-electron chi connectivity index (χ1n) is 15.7. The summed E-state index contributed by atoms with van der Waals surface area (Å²) in [4.78, 5) is 76.8. The number of aliphatic imine (C=N–C) groups is 1. The Morgan fingerprint density at radius 3 is 2.25 bits per heavy atom. The number of nitrogens with zero attached hydrogens (tertiary/aromatic N) is 2. The fourth-order valence-corrected chi connectivity index (χ4v) is 5.76. The second-order valence-corrected chi connectivity index (χ2v) is 12.7. The Balaban J connectivity index is 1.82. The molecule has 0 aliphatic heterocycles. The highest BCUT2D eigenvalue weighted by atomic mass is 32.1. The number of aliphatic hydroxyl groups excluding tert-OH is 1. The van der Waals surface area contributed by atoms with Crippen molar-refractivity contribution in [2.24, 2.45) is 22.4 Å². The van der Waals surface area contributed by atoms with Gasteiger partial charge in [-0.2, -0.15) is 0 Å². The third kappa shape index (κ3) is 11.5. The molecule has 4 atom stereocenters. The highest BCUT2D eigenvalue weighted by Crippen LogP contribution is 2.20. The van der Waals surface area contributed by atoms with Gasteiger partial charge in [-0.1, -0.05) is 32.0 Å². The van der Waals surface area contributed by atoms with Crippen LogP contribution < -0.4 is 32.7 Å². The molecule has 260 valence electrons. The molecule has 10 N–H and O–H groups in total. The number of fused-ring (bicyclic) bond motifs is 1. The van der Waals surface area contributed by atoms with Gasteiger partial charge in [0.15, 0.2) is 11.0 Å². The molecule has 0 unspecified atom stereocenters. The molecule has 4 amide bonds. The summed E-state index contributed by atoms with van der Waals surface area (Å²) in [6.07, 6.45) is 4.70. The number of nitrogens with one attached hydrogen (secondary N) is 5. The van der Waals surface area contributed by atoms with Gasteiger partial charge in [-0.25, -0.2) is 4.98 Å². The first kappa shape index (κ1) is 37.6. The monoisotopic (exact) mass is 683 g/mol. The van der Waals surface area contributed by atoms with E-state index in [2.05, 4.69) is 36.2 Å². The number of ketones is 1. The summed E-state index contributed by atoms with van der Waals surface area (Å²) >= 11 is 1.15. The maximum atomic E-state index is 13.8. The largest absolute Gasteiger partial charge is 0.394 e. The highest BCUT2D eigenvalue weighted by molar-refractivity contribution is 7.11. The van der Waals surface area contributed by atoms with Gasteiger partial charge in [0.05, 0.1) is 12.6 Å². The number of hydrogen-bond donors (Lipinski definition) is 8. The summed E-state index contributed by atoms with van der Waals surface area (Å²) in [5.41, 5.74) is 12.7.